The summed E-state index contributed by atoms with van der Waals surface area (Å²) in [4.78, 5) is 18.3. The minimum absolute atomic E-state index is 0.360. The molecule has 0 spiro atoms. The molecule has 0 amide bonds. The fourth-order valence-corrected chi connectivity index (χ4v) is 0.867. The number of aryl methyl sites for hydroxylation is 1. The molecule has 70 valence electrons. The van der Waals surface area contributed by atoms with Crippen LogP contribution in [-0.4, -0.2) is 27.1 Å². The first kappa shape index (κ1) is 9.60. The fraction of sp³-hybridized carbons (Fsp3) is 0.375. The molecule has 13 heavy (non-hydrogen) atoms. The molecule has 1 rings (SSSR count). The van der Waals surface area contributed by atoms with Crippen LogP contribution in [-0.2, 0) is 11.2 Å². The predicted molar refractivity (Wildman–Crippen MR) is 46.0 cm³/mol. The maximum atomic E-state index is 10.4. The maximum Gasteiger partial charge on any atom is 0.320 e. The number of nitrogens with two attached hydrogens (primary N) is 1. The van der Waals surface area contributed by atoms with Crippen LogP contribution < -0.4 is 5.73 Å². The molecule has 0 aliphatic rings. The lowest BCUT2D eigenvalue weighted by molar-refractivity contribution is -0.138. The SMILES string of the molecule is NC(CCc1ncccn1)C(=O)O. The van der Waals surface area contributed by atoms with Crippen molar-refractivity contribution in [2.75, 3.05) is 0 Å². The summed E-state index contributed by atoms with van der Waals surface area (Å²) in [5.74, 6) is -0.366. The highest BCUT2D eigenvalue weighted by atomic mass is 16.4. The van der Waals surface area contributed by atoms with Crippen LogP contribution in [0.25, 0.3) is 0 Å². The van der Waals surface area contributed by atoms with Gasteiger partial charge >= 0.3 is 5.97 Å². The van der Waals surface area contributed by atoms with Crippen LogP contribution in [0.3, 0.4) is 0 Å². The van der Waals surface area contributed by atoms with Crippen LogP contribution in [0.15, 0.2) is 18.5 Å². The predicted octanol–water partition coefficient (Wildman–Crippen LogP) is -0.179. The summed E-state index contributed by atoms with van der Waals surface area (Å²) < 4.78 is 0. The normalized spacial score (nSPS) is 12.4. The number of carboxylic acids is 1. The van der Waals surface area contributed by atoms with Gasteiger partial charge in [-0.25, -0.2) is 9.97 Å². The van der Waals surface area contributed by atoms with Gasteiger partial charge in [0.25, 0.3) is 0 Å². The second kappa shape index (κ2) is 4.51. The van der Waals surface area contributed by atoms with Gasteiger partial charge < -0.3 is 10.8 Å². The number of nitrogens with zero attached hydrogens (tertiary/aromatic N) is 2. The first-order chi connectivity index (χ1) is 6.20. The molecule has 0 aromatic carbocycles. The van der Waals surface area contributed by atoms with Crippen molar-refractivity contribution in [1.82, 2.24) is 9.97 Å². The Morgan fingerprint density at radius 3 is 2.69 bits per heavy atom. The third kappa shape index (κ3) is 3.16. The zero-order valence-corrected chi connectivity index (χ0v) is 7.05. The molecule has 0 bridgehead atoms. The molecule has 3 N–H and O–H groups in total. The van der Waals surface area contributed by atoms with Crippen LogP contribution in [0.4, 0.5) is 0 Å². The van der Waals surface area contributed by atoms with E-state index in [-0.39, 0.29) is 0 Å². The topological polar surface area (TPSA) is 89.1 Å². The summed E-state index contributed by atoms with van der Waals surface area (Å²) in [5.41, 5.74) is 5.31. The summed E-state index contributed by atoms with van der Waals surface area (Å²) >= 11 is 0. The monoisotopic (exact) mass is 181 g/mol. The van der Waals surface area contributed by atoms with E-state index < -0.39 is 12.0 Å². The molecule has 0 fully saturated rings. The Kier molecular flexibility index (Phi) is 3.33. The molecule has 1 aromatic rings. The van der Waals surface area contributed by atoms with E-state index >= 15 is 0 Å². The lowest BCUT2D eigenvalue weighted by atomic mass is 10.1. The average Bonchev–Trinajstić information content (AvgIpc) is 2.15. The fourth-order valence-electron chi connectivity index (χ4n) is 0.867. The van der Waals surface area contributed by atoms with Crippen molar-refractivity contribution in [3.8, 4) is 0 Å². The Morgan fingerprint density at radius 2 is 2.15 bits per heavy atom. The van der Waals surface area contributed by atoms with Gasteiger partial charge in [0.05, 0.1) is 0 Å². The van der Waals surface area contributed by atoms with Gasteiger partial charge in [0.2, 0.25) is 0 Å². The van der Waals surface area contributed by atoms with Gasteiger partial charge in [-0.15, -0.1) is 0 Å². The smallest absolute Gasteiger partial charge is 0.320 e. The standard InChI is InChI=1S/C8H11N3O2/c9-6(8(12)13)2-3-7-10-4-1-5-11-7/h1,4-6H,2-3,9H2,(H,12,13). The molecular formula is C8H11N3O2. The van der Waals surface area contributed by atoms with Crippen molar-refractivity contribution >= 4 is 5.97 Å². The summed E-state index contributed by atoms with van der Waals surface area (Å²) in [6.07, 6.45) is 4.09. The van der Waals surface area contributed by atoms with E-state index in [0.29, 0.717) is 18.7 Å². The molecule has 0 aliphatic carbocycles. The highest BCUT2D eigenvalue weighted by molar-refractivity contribution is 5.72. The first-order valence-corrected chi connectivity index (χ1v) is 3.94. The van der Waals surface area contributed by atoms with Crippen molar-refractivity contribution in [2.24, 2.45) is 5.73 Å². The van der Waals surface area contributed by atoms with Crippen LogP contribution in [0.2, 0.25) is 0 Å². The van der Waals surface area contributed by atoms with Crippen molar-refractivity contribution in [2.45, 2.75) is 18.9 Å². The molecule has 0 aliphatic heterocycles. The molecule has 1 unspecified atom stereocenters. The summed E-state index contributed by atoms with van der Waals surface area (Å²) in [6.45, 7) is 0. The Morgan fingerprint density at radius 1 is 1.54 bits per heavy atom. The van der Waals surface area contributed by atoms with Crippen LogP contribution in [0, 0.1) is 0 Å². The number of aromatic nitrogens is 2. The quantitative estimate of drug-likeness (QED) is 0.672. The highest BCUT2D eigenvalue weighted by Crippen LogP contribution is 1.97. The molecule has 1 heterocycles. The van der Waals surface area contributed by atoms with E-state index in [2.05, 4.69) is 9.97 Å². The van der Waals surface area contributed by atoms with Gasteiger partial charge in [-0.2, -0.15) is 0 Å². The van der Waals surface area contributed by atoms with E-state index in [1.54, 1.807) is 18.5 Å². The zero-order chi connectivity index (χ0) is 9.68. The first-order valence-electron chi connectivity index (χ1n) is 3.94. The Balaban J connectivity index is 2.39. The van der Waals surface area contributed by atoms with E-state index in [0.717, 1.165) is 0 Å². The lowest BCUT2D eigenvalue weighted by Crippen LogP contribution is -2.30. The van der Waals surface area contributed by atoms with Gasteiger partial charge in [-0.1, -0.05) is 0 Å². The van der Waals surface area contributed by atoms with Crippen LogP contribution in [0.1, 0.15) is 12.2 Å². The summed E-state index contributed by atoms with van der Waals surface area (Å²) in [6, 6.07) is 0.879. The van der Waals surface area contributed by atoms with Gasteiger partial charge in [0.15, 0.2) is 0 Å². The highest BCUT2D eigenvalue weighted by Gasteiger charge is 2.11. The van der Waals surface area contributed by atoms with Gasteiger partial charge in [-0.05, 0) is 12.5 Å². The molecule has 0 saturated carbocycles. The second-order valence-electron chi connectivity index (χ2n) is 2.65. The number of aliphatic carboxylic acids is 1. The third-order valence-electron chi connectivity index (χ3n) is 1.62. The molecule has 1 atom stereocenters. The summed E-state index contributed by atoms with van der Waals surface area (Å²) in [5, 5.41) is 8.49. The lowest BCUT2D eigenvalue weighted by Gasteiger charge is -2.03. The number of rotatable bonds is 4. The van der Waals surface area contributed by atoms with Crippen molar-refractivity contribution in [1.29, 1.82) is 0 Å². The molecule has 0 saturated heterocycles. The molecule has 0 radical (unpaired) electrons. The van der Waals surface area contributed by atoms with Crippen molar-refractivity contribution < 1.29 is 9.90 Å². The number of carboxylic acid groups (broad SMARTS) is 1. The Hall–Kier alpha value is -1.49. The number of hydrogen-bond acceptors (Lipinski definition) is 4. The number of carbonyl (C=O) groups is 1. The van der Waals surface area contributed by atoms with Crippen molar-refractivity contribution in [3.05, 3.63) is 24.3 Å². The Bertz CT molecular complexity index is 276. The van der Waals surface area contributed by atoms with Gasteiger partial charge in [0.1, 0.15) is 11.9 Å². The number of hydrogen-bond donors (Lipinski definition) is 2. The second-order valence-corrected chi connectivity index (χ2v) is 2.65. The van der Waals surface area contributed by atoms with E-state index in [1.807, 2.05) is 0 Å². The van der Waals surface area contributed by atoms with Gasteiger partial charge in [-0.3, -0.25) is 4.79 Å². The largest absolute Gasteiger partial charge is 0.480 e. The molecular weight excluding hydrogens is 170 g/mol. The maximum absolute atomic E-state index is 10.4. The third-order valence-corrected chi connectivity index (χ3v) is 1.62. The van der Waals surface area contributed by atoms with Crippen molar-refractivity contribution in [3.63, 3.8) is 0 Å². The van der Waals surface area contributed by atoms with Gasteiger partial charge in [0, 0.05) is 18.8 Å². The molecule has 1 aromatic heterocycles. The van der Waals surface area contributed by atoms with Crippen LogP contribution >= 0.6 is 0 Å². The molecule has 5 nitrogen and oxygen atoms in total. The average molecular weight is 181 g/mol. The van der Waals surface area contributed by atoms with Crippen LogP contribution in [0.5, 0.6) is 0 Å². The van der Waals surface area contributed by atoms with E-state index in [4.69, 9.17) is 10.8 Å². The minimum atomic E-state index is -0.990. The minimum Gasteiger partial charge on any atom is -0.480 e. The summed E-state index contributed by atoms with van der Waals surface area (Å²) in [7, 11) is 0. The Labute approximate surface area is 75.6 Å². The van der Waals surface area contributed by atoms with E-state index in [1.165, 1.54) is 0 Å². The zero-order valence-electron chi connectivity index (χ0n) is 7.05. The van der Waals surface area contributed by atoms with E-state index in [9.17, 15) is 4.79 Å². The molecule has 5 heteroatoms.